The van der Waals surface area contributed by atoms with Crippen molar-refractivity contribution in [1.82, 2.24) is 4.31 Å². The molecule has 148 valence electrons. The van der Waals surface area contributed by atoms with Crippen LogP contribution in [-0.4, -0.2) is 31.8 Å². The first kappa shape index (κ1) is 18.9. The van der Waals surface area contributed by atoms with Crippen LogP contribution in [0.2, 0.25) is 0 Å². The highest BCUT2D eigenvalue weighted by Crippen LogP contribution is 2.44. The molecular formula is C19H16F3NO4S. The largest absolute Gasteiger partial charge is 0.449 e. The van der Waals surface area contributed by atoms with E-state index in [1.165, 1.54) is 6.07 Å². The number of ether oxygens (including phenoxy) is 1. The van der Waals surface area contributed by atoms with Crippen LogP contribution in [0.5, 0.6) is 0 Å². The van der Waals surface area contributed by atoms with Gasteiger partial charge in [0.05, 0.1) is 22.6 Å². The van der Waals surface area contributed by atoms with Gasteiger partial charge in [0.15, 0.2) is 5.60 Å². The second-order valence-corrected chi connectivity index (χ2v) is 8.77. The molecule has 2 aliphatic rings. The van der Waals surface area contributed by atoms with E-state index in [9.17, 15) is 26.4 Å². The quantitative estimate of drug-likeness (QED) is 0.709. The number of nitrogens with zero attached hydrogens (tertiary/aromatic N) is 1. The van der Waals surface area contributed by atoms with Crippen molar-refractivity contribution in [3.05, 3.63) is 65.2 Å². The lowest BCUT2D eigenvalue weighted by molar-refractivity contribution is -0.139. The summed E-state index contributed by atoms with van der Waals surface area (Å²) in [7, 11) is -4.44. The van der Waals surface area contributed by atoms with Crippen LogP contribution in [0.1, 0.15) is 34.3 Å². The summed E-state index contributed by atoms with van der Waals surface area (Å²) < 4.78 is 72.7. The molecule has 4 rings (SSSR count). The zero-order valence-electron chi connectivity index (χ0n) is 14.6. The predicted octanol–water partition coefficient (Wildman–Crippen LogP) is 3.56. The predicted molar refractivity (Wildman–Crippen MR) is 93.0 cm³/mol. The molecule has 0 aliphatic carbocycles. The van der Waals surface area contributed by atoms with E-state index in [0.717, 1.165) is 22.5 Å². The van der Waals surface area contributed by atoms with Crippen molar-refractivity contribution in [3.8, 4) is 0 Å². The van der Waals surface area contributed by atoms with E-state index in [1.807, 2.05) is 0 Å². The molecule has 2 aliphatic heterocycles. The Balaban J connectivity index is 1.75. The lowest BCUT2D eigenvalue weighted by Crippen LogP contribution is -2.48. The van der Waals surface area contributed by atoms with Gasteiger partial charge in [-0.25, -0.2) is 13.2 Å². The fraction of sp³-hybridized carbons (Fsp3) is 0.316. The van der Waals surface area contributed by atoms with Gasteiger partial charge in [-0.05, 0) is 31.0 Å². The van der Waals surface area contributed by atoms with Crippen LogP contribution in [0.4, 0.5) is 13.2 Å². The Morgan fingerprint density at radius 1 is 1.04 bits per heavy atom. The van der Waals surface area contributed by atoms with Gasteiger partial charge in [0.1, 0.15) is 0 Å². The Kier molecular flexibility index (Phi) is 4.27. The third-order valence-corrected chi connectivity index (χ3v) is 7.06. The maximum Gasteiger partial charge on any atom is 0.417 e. The van der Waals surface area contributed by atoms with E-state index < -0.39 is 38.2 Å². The fourth-order valence-corrected chi connectivity index (χ4v) is 5.64. The average molecular weight is 411 g/mol. The van der Waals surface area contributed by atoms with Gasteiger partial charge in [0.2, 0.25) is 10.0 Å². The summed E-state index contributed by atoms with van der Waals surface area (Å²) in [5, 5.41) is 0. The fourth-order valence-electron chi connectivity index (χ4n) is 3.90. The van der Waals surface area contributed by atoms with E-state index in [-0.39, 0.29) is 13.1 Å². The lowest BCUT2D eigenvalue weighted by atomic mass is 9.86. The lowest BCUT2D eigenvalue weighted by Gasteiger charge is -2.39. The molecule has 1 atom stereocenters. The summed E-state index contributed by atoms with van der Waals surface area (Å²) in [6, 6.07) is 10.8. The Morgan fingerprint density at radius 2 is 1.71 bits per heavy atom. The Hall–Kier alpha value is -2.39. The first-order valence-electron chi connectivity index (χ1n) is 8.64. The molecular weight excluding hydrogens is 395 g/mol. The normalized spacial score (nSPS) is 22.9. The average Bonchev–Trinajstić information content (AvgIpc) is 2.93. The number of fused-ring (bicyclic) bond motifs is 2. The molecule has 1 fully saturated rings. The zero-order valence-corrected chi connectivity index (χ0v) is 15.4. The van der Waals surface area contributed by atoms with Gasteiger partial charge in [-0.1, -0.05) is 30.3 Å². The molecule has 1 unspecified atom stereocenters. The molecule has 9 heteroatoms. The second-order valence-electron chi connectivity index (χ2n) is 6.87. The highest BCUT2D eigenvalue weighted by atomic mass is 32.2. The summed E-state index contributed by atoms with van der Waals surface area (Å²) in [6.45, 7) is -0.166. The Bertz CT molecular complexity index is 1050. The van der Waals surface area contributed by atoms with Gasteiger partial charge in [-0.15, -0.1) is 0 Å². The number of sulfonamides is 1. The Morgan fingerprint density at radius 3 is 2.46 bits per heavy atom. The molecule has 0 bridgehead atoms. The third kappa shape index (κ3) is 2.89. The van der Waals surface area contributed by atoms with Crippen LogP contribution in [0.25, 0.3) is 0 Å². The molecule has 2 heterocycles. The molecule has 2 aromatic rings. The van der Waals surface area contributed by atoms with Crippen LogP contribution in [0, 0.1) is 0 Å². The first-order valence-corrected chi connectivity index (χ1v) is 10.1. The molecule has 5 nitrogen and oxygen atoms in total. The van der Waals surface area contributed by atoms with Crippen molar-refractivity contribution in [1.29, 1.82) is 0 Å². The number of rotatable bonds is 2. The molecule has 28 heavy (non-hydrogen) atoms. The number of carbonyl (C=O) groups excluding carboxylic acids is 1. The molecule has 0 radical (unpaired) electrons. The van der Waals surface area contributed by atoms with E-state index >= 15 is 0 Å². The third-order valence-electron chi connectivity index (χ3n) is 5.16. The monoisotopic (exact) mass is 411 g/mol. The maximum absolute atomic E-state index is 13.3. The number of piperidine rings is 1. The van der Waals surface area contributed by atoms with Crippen molar-refractivity contribution in [2.75, 3.05) is 13.1 Å². The number of halogens is 3. The van der Waals surface area contributed by atoms with Crippen LogP contribution < -0.4 is 0 Å². The summed E-state index contributed by atoms with van der Waals surface area (Å²) in [5.41, 5.74) is -1.45. The number of esters is 1. The molecule has 1 spiro atoms. The summed E-state index contributed by atoms with van der Waals surface area (Å²) in [4.78, 5) is 11.4. The minimum atomic E-state index is -4.80. The maximum atomic E-state index is 13.3. The van der Waals surface area contributed by atoms with Crippen molar-refractivity contribution in [3.63, 3.8) is 0 Å². The number of carbonyl (C=O) groups is 1. The van der Waals surface area contributed by atoms with Crippen molar-refractivity contribution in [2.24, 2.45) is 0 Å². The minimum Gasteiger partial charge on any atom is -0.449 e. The smallest absolute Gasteiger partial charge is 0.417 e. The topological polar surface area (TPSA) is 63.7 Å². The van der Waals surface area contributed by atoms with Gasteiger partial charge in [-0.2, -0.15) is 17.5 Å². The molecule has 0 amide bonds. The Labute approximate surface area is 159 Å². The molecule has 1 saturated heterocycles. The van der Waals surface area contributed by atoms with E-state index in [4.69, 9.17) is 4.74 Å². The van der Waals surface area contributed by atoms with E-state index in [0.29, 0.717) is 24.0 Å². The van der Waals surface area contributed by atoms with Crippen molar-refractivity contribution >= 4 is 16.0 Å². The number of hydrogen-bond acceptors (Lipinski definition) is 4. The highest BCUT2D eigenvalue weighted by Gasteiger charge is 2.50. The standard InChI is InChI=1S/C19H16F3NO4S/c20-19(21,22)15-8-3-4-9-16(15)28(25,26)23-11-5-10-18(12-23)14-7-2-1-6-13(14)17(24)27-18/h1-4,6-9H,5,10-12H2. The van der Waals surface area contributed by atoms with Gasteiger partial charge in [-0.3, -0.25) is 0 Å². The second kappa shape index (κ2) is 6.31. The van der Waals surface area contributed by atoms with Crippen LogP contribution >= 0.6 is 0 Å². The summed E-state index contributed by atoms with van der Waals surface area (Å²) in [5.74, 6) is -0.550. The van der Waals surface area contributed by atoms with Crippen molar-refractivity contribution < 1.29 is 31.1 Å². The molecule has 2 aromatic carbocycles. The van der Waals surface area contributed by atoms with Gasteiger partial charge >= 0.3 is 12.1 Å². The summed E-state index contributed by atoms with van der Waals surface area (Å²) in [6.07, 6.45) is -4.04. The van der Waals surface area contributed by atoms with Crippen LogP contribution in [-0.2, 0) is 26.5 Å². The number of alkyl halides is 3. The summed E-state index contributed by atoms with van der Waals surface area (Å²) >= 11 is 0. The highest BCUT2D eigenvalue weighted by molar-refractivity contribution is 7.89. The molecule has 0 N–H and O–H groups in total. The van der Waals surface area contributed by atoms with Crippen LogP contribution in [0.3, 0.4) is 0 Å². The van der Waals surface area contributed by atoms with Crippen LogP contribution in [0.15, 0.2) is 53.4 Å². The van der Waals surface area contributed by atoms with Gasteiger partial charge < -0.3 is 4.74 Å². The molecule has 0 aromatic heterocycles. The van der Waals surface area contributed by atoms with E-state index in [2.05, 4.69) is 0 Å². The van der Waals surface area contributed by atoms with Gasteiger partial charge in [0.25, 0.3) is 0 Å². The zero-order chi connectivity index (χ0) is 20.2. The first-order chi connectivity index (χ1) is 13.2. The van der Waals surface area contributed by atoms with E-state index in [1.54, 1.807) is 24.3 Å². The number of benzene rings is 2. The van der Waals surface area contributed by atoms with Crippen molar-refractivity contribution in [2.45, 2.75) is 29.5 Å². The number of hydrogen-bond donors (Lipinski definition) is 0. The minimum absolute atomic E-state index is 0.0516. The van der Waals surface area contributed by atoms with Gasteiger partial charge in [0, 0.05) is 12.1 Å². The SMILES string of the molecule is O=C1OC2(CCCN(S(=O)(=O)c3ccccc3C(F)(F)F)C2)c2ccccc21. The molecule has 0 saturated carbocycles.